The van der Waals surface area contributed by atoms with Crippen LogP contribution in [-0.2, 0) is 4.79 Å². The fraction of sp³-hybridized carbons (Fsp3) is 0.909. The molecular weight excluding hydrogens is 190 g/mol. The molecule has 1 aliphatic rings. The molecule has 0 aromatic rings. The lowest BCUT2D eigenvalue weighted by Crippen LogP contribution is -2.54. The zero-order valence-electron chi connectivity index (χ0n) is 10.1. The number of nitrogens with zero attached hydrogens (tertiary/aromatic N) is 2. The SMILES string of the molecule is CCN(CC)CC(=O)N1CCNC[C@@H]1C. The molecule has 0 bridgehead atoms. The molecule has 0 radical (unpaired) electrons. The molecule has 4 heteroatoms. The molecule has 1 amide bonds. The Kier molecular flexibility index (Phi) is 5.05. The lowest BCUT2D eigenvalue weighted by molar-refractivity contribution is -0.135. The van der Waals surface area contributed by atoms with Gasteiger partial charge in [-0.05, 0) is 20.0 Å². The van der Waals surface area contributed by atoms with Gasteiger partial charge in [0.25, 0.3) is 0 Å². The molecule has 0 spiro atoms. The summed E-state index contributed by atoms with van der Waals surface area (Å²) in [4.78, 5) is 16.2. The van der Waals surface area contributed by atoms with Gasteiger partial charge in [-0.3, -0.25) is 9.69 Å². The van der Waals surface area contributed by atoms with E-state index in [0.29, 0.717) is 12.6 Å². The molecule has 0 unspecified atom stereocenters. The van der Waals surface area contributed by atoms with Crippen molar-refractivity contribution < 1.29 is 4.79 Å². The standard InChI is InChI=1S/C11H23N3O/c1-4-13(5-2)9-11(15)14-7-6-12-8-10(14)3/h10,12H,4-9H2,1-3H3/t10-/m0/s1. The molecule has 1 fully saturated rings. The maximum Gasteiger partial charge on any atom is 0.237 e. The summed E-state index contributed by atoms with van der Waals surface area (Å²) in [5.41, 5.74) is 0. The minimum atomic E-state index is 0.271. The monoisotopic (exact) mass is 213 g/mol. The van der Waals surface area contributed by atoms with Crippen LogP contribution in [0.1, 0.15) is 20.8 Å². The Morgan fingerprint density at radius 3 is 2.67 bits per heavy atom. The Morgan fingerprint density at radius 2 is 2.13 bits per heavy atom. The Bertz CT molecular complexity index is 204. The Hall–Kier alpha value is -0.610. The number of rotatable bonds is 4. The van der Waals surface area contributed by atoms with E-state index in [1.54, 1.807) is 0 Å². The number of hydrogen-bond donors (Lipinski definition) is 1. The largest absolute Gasteiger partial charge is 0.336 e. The summed E-state index contributed by atoms with van der Waals surface area (Å²) < 4.78 is 0. The molecule has 15 heavy (non-hydrogen) atoms. The van der Waals surface area contributed by atoms with Crippen LogP contribution in [0.4, 0.5) is 0 Å². The van der Waals surface area contributed by atoms with E-state index in [4.69, 9.17) is 0 Å². The van der Waals surface area contributed by atoms with E-state index in [-0.39, 0.29) is 5.91 Å². The van der Waals surface area contributed by atoms with Crippen molar-refractivity contribution in [2.45, 2.75) is 26.8 Å². The minimum absolute atomic E-state index is 0.271. The van der Waals surface area contributed by atoms with Gasteiger partial charge >= 0.3 is 0 Å². The highest BCUT2D eigenvalue weighted by Crippen LogP contribution is 2.03. The van der Waals surface area contributed by atoms with Crippen molar-refractivity contribution in [3.63, 3.8) is 0 Å². The van der Waals surface area contributed by atoms with Gasteiger partial charge in [-0.25, -0.2) is 0 Å². The van der Waals surface area contributed by atoms with Gasteiger partial charge in [-0.1, -0.05) is 13.8 Å². The molecule has 0 saturated carbocycles. The number of piperazine rings is 1. The molecule has 4 nitrogen and oxygen atoms in total. The van der Waals surface area contributed by atoms with Gasteiger partial charge in [0.2, 0.25) is 5.91 Å². The van der Waals surface area contributed by atoms with Crippen molar-refractivity contribution in [1.29, 1.82) is 0 Å². The van der Waals surface area contributed by atoms with Gasteiger partial charge in [0.15, 0.2) is 0 Å². The molecule has 1 aliphatic heterocycles. The summed E-state index contributed by atoms with van der Waals surface area (Å²) in [7, 11) is 0. The average Bonchev–Trinajstić information content (AvgIpc) is 2.26. The minimum Gasteiger partial charge on any atom is -0.336 e. The number of carbonyl (C=O) groups excluding carboxylic acids is 1. The molecule has 1 atom stereocenters. The average molecular weight is 213 g/mol. The van der Waals surface area contributed by atoms with Gasteiger partial charge in [0.1, 0.15) is 0 Å². The molecule has 1 rings (SSSR count). The summed E-state index contributed by atoms with van der Waals surface area (Å²) in [5, 5.41) is 3.29. The van der Waals surface area contributed by atoms with Crippen LogP contribution in [0.2, 0.25) is 0 Å². The molecule has 88 valence electrons. The molecule has 1 saturated heterocycles. The second kappa shape index (κ2) is 6.08. The van der Waals surface area contributed by atoms with Crippen LogP contribution >= 0.6 is 0 Å². The highest BCUT2D eigenvalue weighted by atomic mass is 16.2. The molecule has 0 aromatic heterocycles. The molecule has 1 heterocycles. The van der Waals surface area contributed by atoms with Crippen LogP contribution in [0.5, 0.6) is 0 Å². The van der Waals surface area contributed by atoms with E-state index in [2.05, 4.69) is 31.0 Å². The number of hydrogen-bond acceptors (Lipinski definition) is 3. The van der Waals surface area contributed by atoms with E-state index < -0.39 is 0 Å². The van der Waals surface area contributed by atoms with Gasteiger partial charge < -0.3 is 10.2 Å². The van der Waals surface area contributed by atoms with Crippen molar-refractivity contribution in [3.8, 4) is 0 Å². The number of likely N-dealkylation sites (N-methyl/N-ethyl adjacent to an activating group) is 1. The zero-order valence-corrected chi connectivity index (χ0v) is 10.1. The maximum atomic E-state index is 12.0. The Labute approximate surface area is 92.6 Å². The second-order valence-electron chi connectivity index (χ2n) is 4.10. The van der Waals surface area contributed by atoms with Crippen molar-refractivity contribution in [1.82, 2.24) is 15.1 Å². The predicted octanol–water partition coefficient (Wildman–Crippen LogP) is 0.149. The van der Waals surface area contributed by atoms with E-state index in [1.165, 1.54) is 0 Å². The van der Waals surface area contributed by atoms with Gasteiger partial charge in [-0.15, -0.1) is 0 Å². The summed E-state index contributed by atoms with van der Waals surface area (Å²) in [6.45, 7) is 11.4. The molecule has 0 aliphatic carbocycles. The predicted molar refractivity (Wildman–Crippen MR) is 61.8 cm³/mol. The lowest BCUT2D eigenvalue weighted by Gasteiger charge is -2.35. The second-order valence-corrected chi connectivity index (χ2v) is 4.10. The van der Waals surface area contributed by atoms with E-state index in [0.717, 1.165) is 32.7 Å². The maximum absolute atomic E-state index is 12.0. The van der Waals surface area contributed by atoms with E-state index in [9.17, 15) is 4.79 Å². The third-order valence-electron chi connectivity index (χ3n) is 3.07. The van der Waals surface area contributed by atoms with Crippen LogP contribution in [0.3, 0.4) is 0 Å². The van der Waals surface area contributed by atoms with Crippen molar-refractivity contribution in [2.75, 3.05) is 39.3 Å². The number of carbonyl (C=O) groups is 1. The quantitative estimate of drug-likeness (QED) is 0.722. The topological polar surface area (TPSA) is 35.6 Å². The van der Waals surface area contributed by atoms with E-state index in [1.807, 2.05) is 4.90 Å². The highest BCUT2D eigenvalue weighted by molar-refractivity contribution is 5.78. The summed E-state index contributed by atoms with van der Waals surface area (Å²) in [5.74, 6) is 0.271. The Morgan fingerprint density at radius 1 is 1.47 bits per heavy atom. The first kappa shape index (κ1) is 12.5. The first-order chi connectivity index (χ1) is 7.19. The van der Waals surface area contributed by atoms with Crippen LogP contribution in [0.25, 0.3) is 0 Å². The fourth-order valence-electron chi connectivity index (χ4n) is 1.94. The third-order valence-corrected chi connectivity index (χ3v) is 3.07. The Balaban J connectivity index is 2.44. The van der Waals surface area contributed by atoms with E-state index >= 15 is 0 Å². The van der Waals surface area contributed by atoms with Gasteiger partial charge in [0.05, 0.1) is 6.54 Å². The third kappa shape index (κ3) is 3.47. The van der Waals surface area contributed by atoms with Crippen LogP contribution in [0.15, 0.2) is 0 Å². The summed E-state index contributed by atoms with van der Waals surface area (Å²) >= 11 is 0. The number of nitrogens with one attached hydrogen (secondary N) is 1. The van der Waals surface area contributed by atoms with Crippen molar-refractivity contribution >= 4 is 5.91 Å². The molecule has 0 aromatic carbocycles. The van der Waals surface area contributed by atoms with Gasteiger partial charge in [0, 0.05) is 25.7 Å². The first-order valence-corrected chi connectivity index (χ1v) is 5.91. The molecule has 1 N–H and O–H groups in total. The zero-order chi connectivity index (χ0) is 11.3. The fourth-order valence-corrected chi connectivity index (χ4v) is 1.94. The summed E-state index contributed by atoms with van der Waals surface area (Å²) in [6, 6.07) is 0.335. The number of amides is 1. The normalized spacial score (nSPS) is 22.1. The summed E-state index contributed by atoms with van der Waals surface area (Å²) in [6.07, 6.45) is 0. The molecular formula is C11H23N3O. The first-order valence-electron chi connectivity index (χ1n) is 5.91. The van der Waals surface area contributed by atoms with Gasteiger partial charge in [-0.2, -0.15) is 0 Å². The van der Waals surface area contributed by atoms with Crippen LogP contribution < -0.4 is 5.32 Å². The van der Waals surface area contributed by atoms with Crippen LogP contribution in [0, 0.1) is 0 Å². The van der Waals surface area contributed by atoms with Crippen molar-refractivity contribution in [3.05, 3.63) is 0 Å². The van der Waals surface area contributed by atoms with Crippen LogP contribution in [-0.4, -0.2) is 61.0 Å². The highest BCUT2D eigenvalue weighted by Gasteiger charge is 2.23. The lowest BCUT2D eigenvalue weighted by atomic mass is 10.2. The van der Waals surface area contributed by atoms with Crippen molar-refractivity contribution in [2.24, 2.45) is 0 Å². The smallest absolute Gasteiger partial charge is 0.237 e.